The first-order valence-electron chi connectivity index (χ1n) is 11.1. The molecule has 2 aromatic rings. The number of nitrogens with zero attached hydrogens (tertiary/aromatic N) is 2. The monoisotopic (exact) mass is 429 g/mol. The molecule has 1 heterocycles. The number of aliphatic hydroxyl groups is 1. The van der Waals surface area contributed by atoms with E-state index in [-0.39, 0.29) is 23.9 Å². The first kappa shape index (κ1) is 22.9. The fourth-order valence-electron chi connectivity index (χ4n) is 3.60. The van der Waals surface area contributed by atoms with Crippen molar-refractivity contribution in [2.24, 2.45) is 0 Å². The summed E-state index contributed by atoms with van der Waals surface area (Å²) in [6, 6.07) is 6.42. The van der Waals surface area contributed by atoms with Gasteiger partial charge in [0.15, 0.2) is 0 Å². The molecule has 1 aliphatic rings. The van der Waals surface area contributed by atoms with Crippen molar-refractivity contribution < 1.29 is 14.3 Å². The molecule has 8 heteroatoms. The van der Waals surface area contributed by atoms with Gasteiger partial charge in [0.05, 0.1) is 6.10 Å². The molecule has 0 atom stereocenters. The lowest BCUT2D eigenvalue weighted by Crippen LogP contribution is -2.31. The largest absolute Gasteiger partial charge is 0.393 e. The van der Waals surface area contributed by atoms with E-state index in [0.29, 0.717) is 30.3 Å². The third-order valence-electron chi connectivity index (χ3n) is 5.50. The van der Waals surface area contributed by atoms with E-state index in [1.54, 1.807) is 18.3 Å². The number of hydrogen-bond donors (Lipinski definition) is 4. The van der Waals surface area contributed by atoms with Crippen LogP contribution in [0.3, 0.4) is 0 Å². The number of aromatic nitrogens is 2. The molecule has 1 aliphatic carbocycles. The zero-order chi connectivity index (χ0) is 22.1. The molecule has 7 nitrogen and oxygen atoms in total. The predicted octanol–water partition coefficient (Wildman–Crippen LogP) is 3.52. The Morgan fingerprint density at radius 1 is 1.16 bits per heavy atom. The van der Waals surface area contributed by atoms with Gasteiger partial charge in [-0.15, -0.1) is 0 Å². The molecule has 0 unspecified atom stereocenters. The number of hydrogen-bond acceptors (Lipinski definition) is 6. The van der Waals surface area contributed by atoms with E-state index in [4.69, 9.17) is 0 Å². The number of rotatable bonds is 10. The van der Waals surface area contributed by atoms with Crippen LogP contribution >= 0.6 is 0 Å². The maximum Gasteiger partial charge on any atom is 0.256 e. The van der Waals surface area contributed by atoms with Gasteiger partial charge in [0.1, 0.15) is 17.2 Å². The van der Waals surface area contributed by atoms with Gasteiger partial charge in [-0.3, -0.25) is 4.79 Å². The Labute approximate surface area is 182 Å². The summed E-state index contributed by atoms with van der Waals surface area (Å²) in [5.74, 6) is 0.480. The molecule has 0 radical (unpaired) electrons. The van der Waals surface area contributed by atoms with Gasteiger partial charge in [0, 0.05) is 25.3 Å². The normalized spacial score (nSPS) is 18.4. The van der Waals surface area contributed by atoms with Gasteiger partial charge >= 0.3 is 0 Å². The first-order valence-corrected chi connectivity index (χ1v) is 11.1. The predicted molar refractivity (Wildman–Crippen MR) is 120 cm³/mol. The van der Waals surface area contributed by atoms with E-state index in [1.165, 1.54) is 12.1 Å². The number of halogens is 1. The van der Waals surface area contributed by atoms with Crippen molar-refractivity contribution in [2.75, 3.05) is 23.7 Å². The van der Waals surface area contributed by atoms with Crippen LogP contribution in [-0.4, -0.2) is 46.2 Å². The zero-order valence-corrected chi connectivity index (χ0v) is 18.0. The first-order chi connectivity index (χ1) is 15.0. The van der Waals surface area contributed by atoms with Gasteiger partial charge in [0.2, 0.25) is 5.95 Å². The number of benzene rings is 1. The Bertz CT molecular complexity index is 838. The highest BCUT2D eigenvalue weighted by atomic mass is 19.1. The fourth-order valence-corrected chi connectivity index (χ4v) is 3.60. The number of nitrogens with one attached hydrogen (secondary N) is 3. The molecular weight excluding hydrogens is 397 g/mol. The van der Waals surface area contributed by atoms with Crippen LogP contribution in [-0.2, 0) is 6.42 Å². The molecule has 1 saturated carbocycles. The maximum atomic E-state index is 13.0. The van der Waals surface area contributed by atoms with Crippen LogP contribution in [0.25, 0.3) is 0 Å². The van der Waals surface area contributed by atoms with E-state index in [1.807, 2.05) is 0 Å². The van der Waals surface area contributed by atoms with Gasteiger partial charge in [0.25, 0.3) is 5.91 Å². The molecular formula is C23H32FN5O2. The summed E-state index contributed by atoms with van der Waals surface area (Å²) in [5.41, 5.74) is 1.35. The van der Waals surface area contributed by atoms with Crippen LogP contribution in [0.15, 0.2) is 30.5 Å². The third kappa shape index (κ3) is 7.17. The summed E-state index contributed by atoms with van der Waals surface area (Å²) in [7, 11) is 0. The Kier molecular flexibility index (Phi) is 8.58. The summed E-state index contributed by atoms with van der Waals surface area (Å²) in [4.78, 5) is 21.7. The topological polar surface area (TPSA) is 99.2 Å². The Balaban J connectivity index is 1.65. The number of aliphatic hydroxyl groups excluding tert-OH is 1. The maximum absolute atomic E-state index is 13.0. The number of carbonyl (C=O) groups excluding carboxylic acids is 1. The average molecular weight is 430 g/mol. The van der Waals surface area contributed by atoms with E-state index in [2.05, 4.69) is 32.8 Å². The van der Waals surface area contributed by atoms with Crippen molar-refractivity contribution in [1.29, 1.82) is 0 Å². The number of unbranched alkanes of at least 4 members (excludes halogenated alkanes) is 1. The summed E-state index contributed by atoms with van der Waals surface area (Å²) in [5, 5.41) is 19.3. The molecule has 4 N–H and O–H groups in total. The van der Waals surface area contributed by atoms with Gasteiger partial charge in [-0.2, -0.15) is 4.98 Å². The Morgan fingerprint density at radius 3 is 2.61 bits per heavy atom. The lowest BCUT2D eigenvalue weighted by Gasteiger charge is -2.27. The van der Waals surface area contributed by atoms with Gasteiger partial charge in [-0.25, -0.2) is 9.37 Å². The highest BCUT2D eigenvalue weighted by molar-refractivity contribution is 5.98. The fraction of sp³-hybridized carbons (Fsp3) is 0.522. The highest BCUT2D eigenvalue weighted by Gasteiger charge is 2.22. The SMILES string of the molecule is CCCCNc1ncc(C(=O)NCCc2ccc(F)cc2)c(N[C@H]2CC[C@H](O)CC2)n1. The van der Waals surface area contributed by atoms with Crippen molar-refractivity contribution in [3.63, 3.8) is 0 Å². The van der Waals surface area contributed by atoms with Gasteiger partial charge < -0.3 is 21.1 Å². The lowest BCUT2D eigenvalue weighted by atomic mass is 9.93. The summed E-state index contributed by atoms with van der Waals surface area (Å²) < 4.78 is 13.0. The standard InChI is InChI=1S/C23H32FN5O2/c1-2-3-13-26-23-27-15-20(21(29-23)28-18-8-10-19(30)11-9-18)22(31)25-14-12-16-4-6-17(24)7-5-16/h4-7,15,18-19,30H,2-3,8-14H2,1H3,(H,25,31)(H2,26,27,28,29)/t18-,19-. The van der Waals surface area contributed by atoms with E-state index < -0.39 is 0 Å². The summed E-state index contributed by atoms with van der Waals surface area (Å²) in [6.07, 6.45) is 7.12. The van der Waals surface area contributed by atoms with E-state index in [9.17, 15) is 14.3 Å². The van der Waals surface area contributed by atoms with Crippen LogP contribution < -0.4 is 16.0 Å². The minimum atomic E-state index is -0.275. The molecule has 168 valence electrons. The summed E-state index contributed by atoms with van der Waals surface area (Å²) >= 11 is 0. The van der Waals surface area contributed by atoms with Crippen LogP contribution in [0.2, 0.25) is 0 Å². The quantitative estimate of drug-likeness (QED) is 0.432. The van der Waals surface area contributed by atoms with Crippen molar-refractivity contribution in [3.8, 4) is 0 Å². The number of amides is 1. The molecule has 1 aromatic heterocycles. The molecule has 0 saturated heterocycles. The second-order valence-electron chi connectivity index (χ2n) is 8.02. The average Bonchev–Trinajstić information content (AvgIpc) is 2.77. The Morgan fingerprint density at radius 2 is 1.90 bits per heavy atom. The molecule has 31 heavy (non-hydrogen) atoms. The number of carbonyl (C=O) groups is 1. The minimum absolute atomic E-state index is 0.160. The minimum Gasteiger partial charge on any atom is -0.393 e. The third-order valence-corrected chi connectivity index (χ3v) is 5.50. The number of anilines is 2. The van der Waals surface area contributed by atoms with Crippen molar-refractivity contribution >= 4 is 17.7 Å². The second-order valence-corrected chi connectivity index (χ2v) is 8.02. The van der Waals surface area contributed by atoms with Crippen LogP contribution in [0, 0.1) is 5.82 Å². The van der Waals surface area contributed by atoms with E-state index in [0.717, 1.165) is 50.6 Å². The smallest absolute Gasteiger partial charge is 0.256 e. The molecule has 0 aliphatic heterocycles. The van der Waals surface area contributed by atoms with Crippen molar-refractivity contribution in [3.05, 3.63) is 47.4 Å². The molecule has 0 bridgehead atoms. The van der Waals surface area contributed by atoms with Crippen LogP contribution in [0.4, 0.5) is 16.2 Å². The van der Waals surface area contributed by atoms with Crippen LogP contribution in [0.1, 0.15) is 61.4 Å². The Hall–Kier alpha value is -2.74. The zero-order valence-electron chi connectivity index (χ0n) is 18.0. The molecule has 1 amide bonds. The molecule has 1 fully saturated rings. The van der Waals surface area contributed by atoms with Crippen LogP contribution in [0.5, 0.6) is 0 Å². The van der Waals surface area contributed by atoms with Crippen molar-refractivity contribution in [2.45, 2.75) is 64.0 Å². The van der Waals surface area contributed by atoms with Crippen molar-refractivity contribution in [1.82, 2.24) is 15.3 Å². The van der Waals surface area contributed by atoms with E-state index >= 15 is 0 Å². The van der Waals surface area contributed by atoms with Gasteiger partial charge in [-0.1, -0.05) is 25.5 Å². The molecule has 0 spiro atoms. The highest BCUT2D eigenvalue weighted by Crippen LogP contribution is 2.23. The molecule has 1 aromatic carbocycles. The molecule has 3 rings (SSSR count). The van der Waals surface area contributed by atoms with Gasteiger partial charge in [-0.05, 0) is 56.2 Å². The lowest BCUT2D eigenvalue weighted by molar-refractivity contribution is 0.0953. The summed E-state index contributed by atoms with van der Waals surface area (Å²) in [6.45, 7) is 3.32. The second kappa shape index (κ2) is 11.6.